The Hall–Kier alpha value is -2.82. The molecule has 2 aromatic heterocycles. The minimum Gasteiger partial charge on any atom is -0.496 e. The zero-order valence-corrected chi connectivity index (χ0v) is 10.9. The van der Waals surface area contributed by atoms with Crippen LogP contribution in [0, 0.1) is 0 Å². The molecule has 1 aromatic carbocycles. The molecule has 20 heavy (non-hydrogen) atoms. The Balaban J connectivity index is 2.22. The summed E-state index contributed by atoms with van der Waals surface area (Å²) in [5, 5.41) is 4.05. The first kappa shape index (κ1) is 12.2. The smallest absolute Gasteiger partial charge is 0.232 e. The zero-order valence-electron chi connectivity index (χ0n) is 10.9. The summed E-state index contributed by atoms with van der Waals surface area (Å²) in [6.45, 7) is 0. The minimum atomic E-state index is 0.240. The van der Waals surface area contributed by atoms with E-state index in [-0.39, 0.29) is 5.88 Å². The molecule has 0 saturated heterocycles. The topological polar surface area (TPSA) is 74.2 Å². The van der Waals surface area contributed by atoms with Gasteiger partial charge in [0, 0.05) is 11.8 Å². The van der Waals surface area contributed by atoms with Gasteiger partial charge in [-0.25, -0.2) is 0 Å². The van der Waals surface area contributed by atoms with E-state index in [0.717, 1.165) is 5.56 Å². The average molecular weight is 267 g/mol. The van der Waals surface area contributed by atoms with Crippen LogP contribution < -0.4 is 10.5 Å². The number of methoxy groups -OCH3 is 1. The van der Waals surface area contributed by atoms with Crippen molar-refractivity contribution in [1.82, 2.24) is 10.1 Å². The van der Waals surface area contributed by atoms with Crippen molar-refractivity contribution in [2.45, 2.75) is 0 Å². The molecule has 0 radical (unpaired) electrons. The predicted octanol–water partition coefficient (Wildman–Crippen LogP) is 2.99. The van der Waals surface area contributed by atoms with Crippen molar-refractivity contribution in [3.8, 4) is 28.3 Å². The first-order valence-corrected chi connectivity index (χ1v) is 6.11. The number of pyridine rings is 1. The first-order valence-electron chi connectivity index (χ1n) is 6.11. The van der Waals surface area contributed by atoms with Crippen LogP contribution >= 0.6 is 0 Å². The Bertz CT molecular complexity index is 723. The number of nitrogens with zero attached hydrogens (tertiary/aromatic N) is 2. The second kappa shape index (κ2) is 5.05. The Morgan fingerprint density at radius 1 is 1.10 bits per heavy atom. The van der Waals surface area contributed by atoms with Gasteiger partial charge < -0.3 is 15.0 Å². The maximum atomic E-state index is 5.89. The van der Waals surface area contributed by atoms with E-state index in [2.05, 4.69) is 10.1 Å². The summed E-state index contributed by atoms with van der Waals surface area (Å²) < 4.78 is 10.5. The van der Waals surface area contributed by atoms with Gasteiger partial charge in [-0.2, -0.15) is 0 Å². The Morgan fingerprint density at radius 2 is 1.90 bits per heavy atom. The number of rotatable bonds is 3. The number of nitrogen functional groups attached to an aromatic ring is 1. The van der Waals surface area contributed by atoms with Crippen LogP contribution in [-0.2, 0) is 0 Å². The van der Waals surface area contributed by atoms with E-state index < -0.39 is 0 Å². The number of aromatic nitrogens is 2. The molecule has 0 bridgehead atoms. The number of nitrogens with two attached hydrogens (primary N) is 1. The van der Waals surface area contributed by atoms with Crippen LogP contribution in [0.25, 0.3) is 22.5 Å². The maximum Gasteiger partial charge on any atom is 0.232 e. The molecule has 0 aliphatic heterocycles. The fraction of sp³-hybridized carbons (Fsp3) is 0.0667. The molecule has 0 atom stereocenters. The normalized spacial score (nSPS) is 10.4. The summed E-state index contributed by atoms with van der Waals surface area (Å²) >= 11 is 0. The Morgan fingerprint density at radius 3 is 2.65 bits per heavy atom. The lowest BCUT2D eigenvalue weighted by molar-refractivity contribution is 0.414. The van der Waals surface area contributed by atoms with Gasteiger partial charge in [-0.3, -0.25) is 4.98 Å². The molecule has 0 amide bonds. The largest absolute Gasteiger partial charge is 0.496 e. The molecule has 5 nitrogen and oxygen atoms in total. The maximum absolute atomic E-state index is 5.89. The third-order valence-electron chi connectivity index (χ3n) is 3.00. The molecule has 100 valence electrons. The minimum absolute atomic E-state index is 0.240. The van der Waals surface area contributed by atoms with Crippen LogP contribution in [0.3, 0.4) is 0 Å². The van der Waals surface area contributed by atoms with Gasteiger partial charge in [-0.05, 0) is 24.3 Å². The third-order valence-corrected chi connectivity index (χ3v) is 3.00. The van der Waals surface area contributed by atoms with Crippen LogP contribution in [0.5, 0.6) is 5.75 Å². The van der Waals surface area contributed by atoms with Gasteiger partial charge in [0.25, 0.3) is 0 Å². The lowest BCUT2D eigenvalue weighted by atomic mass is 10.0. The molecular formula is C15H13N3O2. The highest BCUT2D eigenvalue weighted by Gasteiger charge is 2.20. The molecule has 0 fully saturated rings. The van der Waals surface area contributed by atoms with Gasteiger partial charge in [0.05, 0.1) is 18.4 Å². The average Bonchev–Trinajstić information content (AvgIpc) is 2.89. The van der Waals surface area contributed by atoms with E-state index in [1.807, 2.05) is 42.5 Å². The summed E-state index contributed by atoms with van der Waals surface area (Å²) in [5.41, 5.74) is 8.72. The Kier molecular flexibility index (Phi) is 3.09. The first-order chi connectivity index (χ1) is 9.81. The predicted molar refractivity (Wildman–Crippen MR) is 76.1 cm³/mol. The number of para-hydroxylation sites is 1. The molecule has 2 heterocycles. The lowest BCUT2D eigenvalue weighted by Gasteiger charge is -2.07. The van der Waals surface area contributed by atoms with E-state index in [1.54, 1.807) is 13.3 Å². The number of hydrogen-bond acceptors (Lipinski definition) is 5. The molecule has 0 spiro atoms. The molecular weight excluding hydrogens is 254 g/mol. The van der Waals surface area contributed by atoms with Crippen molar-refractivity contribution >= 4 is 5.88 Å². The van der Waals surface area contributed by atoms with E-state index in [4.69, 9.17) is 15.0 Å². The second-order valence-corrected chi connectivity index (χ2v) is 4.19. The van der Waals surface area contributed by atoms with Crippen LogP contribution in [0.15, 0.2) is 53.2 Å². The number of benzene rings is 1. The molecule has 3 aromatic rings. The number of ether oxygens (including phenoxy) is 1. The van der Waals surface area contributed by atoms with Crippen molar-refractivity contribution in [3.63, 3.8) is 0 Å². The van der Waals surface area contributed by atoms with Crippen molar-refractivity contribution in [1.29, 1.82) is 0 Å². The van der Waals surface area contributed by atoms with E-state index in [1.165, 1.54) is 0 Å². The summed E-state index contributed by atoms with van der Waals surface area (Å²) in [6, 6.07) is 13.2. The van der Waals surface area contributed by atoms with Crippen molar-refractivity contribution in [2.24, 2.45) is 0 Å². The quantitative estimate of drug-likeness (QED) is 0.789. The summed E-state index contributed by atoms with van der Waals surface area (Å²) in [5.74, 6) is 0.947. The van der Waals surface area contributed by atoms with E-state index >= 15 is 0 Å². The van der Waals surface area contributed by atoms with Crippen LogP contribution in [0.1, 0.15) is 0 Å². The second-order valence-electron chi connectivity index (χ2n) is 4.19. The van der Waals surface area contributed by atoms with Gasteiger partial charge in [0.1, 0.15) is 11.4 Å². The molecule has 0 saturated carbocycles. The molecule has 2 N–H and O–H groups in total. The third kappa shape index (κ3) is 1.99. The van der Waals surface area contributed by atoms with Gasteiger partial charge in [0.15, 0.2) is 0 Å². The highest BCUT2D eigenvalue weighted by molar-refractivity contribution is 5.87. The molecule has 3 rings (SSSR count). The standard InChI is InChI=1S/C15H13N3O2/c1-19-12-8-3-2-6-10(12)14-13(15(16)20-18-14)11-7-4-5-9-17-11/h2-9H,16H2,1H3. The monoisotopic (exact) mass is 267 g/mol. The molecule has 0 aliphatic carbocycles. The van der Waals surface area contributed by atoms with E-state index in [0.29, 0.717) is 22.7 Å². The van der Waals surface area contributed by atoms with Gasteiger partial charge in [-0.1, -0.05) is 23.4 Å². The SMILES string of the molecule is COc1ccccc1-c1noc(N)c1-c1ccccn1. The number of hydrogen-bond donors (Lipinski definition) is 1. The Labute approximate surface area is 116 Å². The molecule has 0 aliphatic rings. The summed E-state index contributed by atoms with van der Waals surface area (Å²) in [6.07, 6.45) is 1.70. The fourth-order valence-electron chi connectivity index (χ4n) is 2.09. The van der Waals surface area contributed by atoms with Gasteiger partial charge in [-0.15, -0.1) is 0 Å². The fourth-order valence-corrected chi connectivity index (χ4v) is 2.09. The van der Waals surface area contributed by atoms with Crippen LogP contribution in [0.2, 0.25) is 0 Å². The zero-order chi connectivity index (χ0) is 13.9. The molecule has 5 heteroatoms. The van der Waals surface area contributed by atoms with Crippen molar-refractivity contribution in [3.05, 3.63) is 48.7 Å². The summed E-state index contributed by atoms with van der Waals surface area (Å²) in [7, 11) is 1.61. The van der Waals surface area contributed by atoms with Crippen LogP contribution in [0.4, 0.5) is 5.88 Å². The van der Waals surface area contributed by atoms with Crippen molar-refractivity contribution in [2.75, 3.05) is 12.8 Å². The number of anilines is 1. The lowest BCUT2D eigenvalue weighted by Crippen LogP contribution is -1.92. The van der Waals surface area contributed by atoms with Gasteiger partial charge in [0.2, 0.25) is 5.88 Å². The summed E-state index contributed by atoms with van der Waals surface area (Å²) in [4.78, 5) is 4.30. The van der Waals surface area contributed by atoms with Crippen molar-refractivity contribution < 1.29 is 9.26 Å². The highest BCUT2D eigenvalue weighted by Crippen LogP contribution is 2.38. The molecule has 0 unspecified atom stereocenters. The van der Waals surface area contributed by atoms with E-state index in [9.17, 15) is 0 Å². The highest BCUT2D eigenvalue weighted by atomic mass is 16.5. The van der Waals surface area contributed by atoms with Crippen LogP contribution in [-0.4, -0.2) is 17.3 Å². The van der Waals surface area contributed by atoms with Gasteiger partial charge >= 0.3 is 0 Å².